The van der Waals surface area contributed by atoms with Crippen LogP contribution in [0.4, 0.5) is 11.4 Å². The molecule has 0 aliphatic rings. The molecule has 0 amide bonds. The van der Waals surface area contributed by atoms with Crippen LogP contribution in [0.3, 0.4) is 0 Å². The van der Waals surface area contributed by atoms with Gasteiger partial charge in [-0.2, -0.15) is 0 Å². The molecule has 0 aliphatic heterocycles. The Bertz CT molecular complexity index is 1030. The number of anilines is 2. The molecular formula is C21H21ClN2O4. The van der Waals surface area contributed by atoms with Crippen LogP contribution in [-0.4, -0.2) is 28.6 Å². The minimum Gasteiger partial charge on any atom is -0.478 e. The number of benzene rings is 2. The van der Waals surface area contributed by atoms with Crippen molar-refractivity contribution in [1.82, 2.24) is 4.98 Å². The van der Waals surface area contributed by atoms with Crippen LogP contribution in [0.2, 0.25) is 0 Å². The van der Waals surface area contributed by atoms with Crippen molar-refractivity contribution in [2.75, 3.05) is 11.9 Å². The van der Waals surface area contributed by atoms with E-state index >= 15 is 0 Å². The zero-order valence-electron chi connectivity index (χ0n) is 15.8. The van der Waals surface area contributed by atoms with Crippen LogP contribution in [0.1, 0.15) is 38.8 Å². The lowest BCUT2D eigenvalue weighted by Crippen LogP contribution is -2.09. The molecule has 7 heteroatoms. The molecule has 0 spiro atoms. The first-order chi connectivity index (χ1) is 12.9. The number of halogens is 1. The van der Waals surface area contributed by atoms with Crippen LogP contribution < -0.4 is 5.32 Å². The van der Waals surface area contributed by atoms with Crippen molar-refractivity contribution < 1.29 is 19.4 Å². The molecule has 2 N–H and O–H groups in total. The Hall–Kier alpha value is -3.12. The molecule has 0 unspecified atom stereocenters. The topological polar surface area (TPSA) is 88.5 Å². The number of aromatic carboxylic acids is 1. The molecule has 3 rings (SSSR count). The Morgan fingerprint density at radius 1 is 1.14 bits per heavy atom. The summed E-state index contributed by atoms with van der Waals surface area (Å²) in [6.45, 7) is 5.96. The summed E-state index contributed by atoms with van der Waals surface area (Å²) < 4.78 is 5.17. The highest BCUT2D eigenvalue weighted by Crippen LogP contribution is 2.32. The van der Waals surface area contributed by atoms with Crippen LogP contribution >= 0.6 is 12.4 Å². The van der Waals surface area contributed by atoms with Crippen molar-refractivity contribution in [3.8, 4) is 0 Å². The number of rotatable bonds is 5. The van der Waals surface area contributed by atoms with Crippen molar-refractivity contribution in [3.63, 3.8) is 0 Å². The maximum absolute atomic E-state index is 12.4. The summed E-state index contributed by atoms with van der Waals surface area (Å²) in [5.41, 5.74) is 4.62. The van der Waals surface area contributed by atoms with Crippen LogP contribution in [0.15, 0.2) is 42.6 Å². The summed E-state index contributed by atoms with van der Waals surface area (Å²) in [5.74, 6) is -1.45. The molecule has 0 bridgehead atoms. The predicted molar refractivity (Wildman–Crippen MR) is 111 cm³/mol. The molecule has 0 saturated heterocycles. The summed E-state index contributed by atoms with van der Waals surface area (Å²) in [6, 6.07) is 10.3. The Labute approximate surface area is 169 Å². The molecule has 2 aromatic carbocycles. The minimum absolute atomic E-state index is 0. The van der Waals surface area contributed by atoms with Gasteiger partial charge < -0.3 is 15.2 Å². The lowest BCUT2D eigenvalue weighted by molar-refractivity contribution is 0.0526. The molecule has 0 radical (unpaired) electrons. The fourth-order valence-electron chi connectivity index (χ4n) is 3.00. The molecule has 0 saturated carbocycles. The van der Waals surface area contributed by atoms with E-state index in [1.54, 1.807) is 19.1 Å². The normalized spacial score (nSPS) is 10.2. The molecule has 6 nitrogen and oxygen atoms in total. The van der Waals surface area contributed by atoms with E-state index in [-0.39, 0.29) is 24.6 Å². The van der Waals surface area contributed by atoms with E-state index in [2.05, 4.69) is 10.3 Å². The summed E-state index contributed by atoms with van der Waals surface area (Å²) in [4.78, 5) is 27.9. The first-order valence-corrected chi connectivity index (χ1v) is 8.58. The number of nitrogens with one attached hydrogen (secondary N) is 1. The van der Waals surface area contributed by atoms with E-state index in [0.29, 0.717) is 16.9 Å². The van der Waals surface area contributed by atoms with Gasteiger partial charge in [0.05, 0.1) is 23.4 Å². The summed E-state index contributed by atoms with van der Waals surface area (Å²) in [5, 5.41) is 13.1. The van der Waals surface area contributed by atoms with Gasteiger partial charge in [-0.3, -0.25) is 4.98 Å². The van der Waals surface area contributed by atoms with Gasteiger partial charge in [-0.1, -0.05) is 11.6 Å². The fraction of sp³-hybridized carbons (Fsp3) is 0.190. The largest absolute Gasteiger partial charge is 0.478 e. The lowest BCUT2D eigenvalue weighted by atomic mass is 10.0. The number of aryl methyl sites for hydroxylation is 2. The minimum atomic E-state index is -0.991. The third-order valence-corrected chi connectivity index (χ3v) is 4.20. The van der Waals surface area contributed by atoms with Crippen molar-refractivity contribution in [3.05, 3.63) is 64.8 Å². The number of carboxylic acid groups (broad SMARTS) is 1. The highest BCUT2D eigenvalue weighted by atomic mass is 35.5. The number of hydrogen-bond acceptors (Lipinski definition) is 5. The number of ether oxygens (including phenoxy) is 1. The standard InChI is InChI=1S/C21H20N2O4.ClH/c1-4-27-21(26)17-11-22-18-13(3)9-12(2)10-16(18)19(17)23-15-7-5-14(6-8-15)20(24)25;/h5-11H,4H2,1-3H3,(H,22,23)(H,24,25);1H. The summed E-state index contributed by atoms with van der Waals surface area (Å²) in [6.07, 6.45) is 1.51. The van der Waals surface area contributed by atoms with Gasteiger partial charge in [0.2, 0.25) is 0 Å². The maximum atomic E-state index is 12.4. The number of carboxylic acids is 1. The second-order valence-electron chi connectivity index (χ2n) is 6.25. The average molecular weight is 401 g/mol. The highest BCUT2D eigenvalue weighted by molar-refractivity contribution is 6.06. The predicted octanol–water partition coefficient (Wildman–Crippen LogP) is 4.89. The lowest BCUT2D eigenvalue weighted by Gasteiger charge is -2.16. The summed E-state index contributed by atoms with van der Waals surface area (Å²) >= 11 is 0. The van der Waals surface area contributed by atoms with Crippen LogP contribution in [0.5, 0.6) is 0 Å². The fourth-order valence-corrected chi connectivity index (χ4v) is 3.00. The van der Waals surface area contributed by atoms with E-state index in [1.807, 2.05) is 26.0 Å². The van der Waals surface area contributed by atoms with E-state index in [4.69, 9.17) is 9.84 Å². The van der Waals surface area contributed by atoms with Gasteiger partial charge in [0.25, 0.3) is 0 Å². The number of carbonyl (C=O) groups is 2. The second kappa shape index (κ2) is 8.71. The van der Waals surface area contributed by atoms with Gasteiger partial charge in [-0.05, 0) is 56.7 Å². The van der Waals surface area contributed by atoms with Gasteiger partial charge in [0.1, 0.15) is 5.56 Å². The van der Waals surface area contributed by atoms with Crippen LogP contribution in [0, 0.1) is 13.8 Å². The van der Waals surface area contributed by atoms with Crippen molar-refractivity contribution in [2.24, 2.45) is 0 Å². The molecule has 3 aromatic rings. The zero-order valence-corrected chi connectivity index (χ0v) is 16.6. The Morgan fingerprint density at radius 3 is 2.43 bits per heavy atom. The zero-order chi connectivity index (χ0) is 19.6. The third-order valence-electron chi connectivity index (χ3n) is 4.20. The van der Waals surface area contributed by atoms with Gasteiger partial charge in [-0.25, -0.2) is 9.59 Å². The second-order valence-corrected chi connectivity index (χ2v) is 6.25. The van der Waals surface area contributed by atoms with Crippen LogP contribution in [0.25, 0.3) is 10.9 Å². The first kappa shape index (κ1) is 21.2. The molecule has 1 heterocycles. The van der Waals surface area contributed by atoms with Gasteiger partial charge in [0.15, 0.2) is 0 Å². The monoisotopic (exact) mass is 400 g/mol. The Balaban J connectivity index is 0.00000280. The van der Waals surface area contributed by atoms with Gasteiger partial charge >= 0.3 is 11.9 Å². The van der Waals surface area contributed by atoms with E-state index < -0.39 is 11.9 Å². The van der Waals surface area contributed by atoms with Gasteiger partial charge in [0, 0.05) is 17.3 Å². The van der Waals surface area contributed by atoms with E-state index in [0.717, 1.165) is 22.0 Å². The van der Waals surface area contributed by atoms with Crippen LogP contribution in [-0.2, 0) is 4.74 Å². The molecule has 1 aromatic heterocycles. The number of pyridine rings is 1. The Kier molecular flexibility index (Phi) is 6.59. The summed E-state index contributed by atoms with van der Waals surface area (Å²) in [7, 11) is 0. The molecule has 28 heavy (non-hydrogen) atoms. The average Bonchev–Trinajstić information content (AvgIpc) is 2.62. The molecule has 0 fully saturated rings. The quantitative estimate of drug-likeness (QED) is 0.592. The number of aromatic nitrogens is 1. The number of nitrogens with zero attached hydrogens (tertiary/aromatic N) is 1. The third kappa shape index (κ3) is 4.23. The number of esters is 1. The molecule has 0 aliphatic carbocycles. The first-order valence-electron chi connectivity index (χ1n) is 8.58. The number of carbonyl (C=O) groups excluding carboxylic acids is 1. The van der Waals surface area contributed by atoms with Gasteiger partial charge in [-0.15, -0.1) is 12.4 Å². The van der Waals surface area contributed by atoms with Crippen molar-refractivity contribution >= 4 is 46.6 Å². The molecule has 0 atom stereocenters. The maximum Gasteiger partial charge on any atom is 0.341 e. The smallest absolute Gasteiger partial charge is 0.341 e. The molecule has 146 valence electrons. The van der Waals surface area contributed by atoms with E-state index in [1.165, 1.54) is 18.3 Å². The van der Waals surface area contributed by atoms with Crippen molar-refractivity contribution in [2.45, 2.75) is 20.8 Å². The number of hydrogen-bond donors (Lipinski definition) is 2. The highest BCUT2D eigenvalue weighted by Gasteiger charge is 2.18. The van der Waals surface area contributed by atoms with E-state index in [9.17, 15) is 9.59 Å². The number of fused-ring (bicyclic) bond motifs is 1. The van der Waals surface area contributed by atoms with Crippen molar-refractivity contribution in [1.29, 1.82) is 0 Å². The SMILES string of the molecule is CCOC(=O)c1cnc2c(C)cc(C)cc2c1Nc1ccc(C(=O)O)cc1.Cl. The Morgan fingerprint density at radius 2 is 1.82 bits per heavy atom. The molecular weight excluding hydrogens is 380 g/mol.